The number of hydrogen-bond donors (Lipinski definition) is 2. The minimum absolute atomic E-state index is 0.145. The van der Waals surface area contributed by atoms with Gasteiger partial charge in [-0.05, 0) is 24.1 Å². The van der Waals surface area contributed by atoms with Crippen LogP contribution in [0.5, 0.6) is 0 Å². The van der Waals surface area contributed by atoms with E-state index in [2.05, 4.69) is 10.3 Å². The van der Waals surface area contributed by atoms with Crippen molar-refractivity contribution in [3.05, 3.63) is 65.5 Å². The Balaban J connectivity index is 2.31. The van der Waals surface area contributed by atoms with E-state index in [1.807, 2.05) is 0 Å². The van der Waals surface area contributed by atoms with Gasteiger partial charge < -0.3 is 10.4 Å². The van der Waals surface area contributed by atoms with Gasteiger partial charge in [0.1, 0.15) is 5.41 Å². The summed E-state index contributed by atoms with van der Waals surface area (Å²) in [6.07, 6.45) is -3.70. The predicted octanol–water partition coefficient (Wildman–Crippen LogP) is 3.26. The Labute approximate surface area is 147 Å². The first-order valence-corrected chi connectivity index (χ1v) is 7.81. The largest absolute Gasteiger partial charge is 0.481 e. The van der Waals surface area contributed by atoms with Crippen molar-refractivity contribution < 1.29 is 27.9 Å². The zero-order chi connectivity index (χ0) is 19.4. The van der Waals surface area contributed by atoms with Crippen molar-refractivity contribution in [3.63, 3.8) is 0 Å². The van der Waals surface area contributed by atoms with Crippen LogP contribution in [0.25, 0.3) is 0 Å². The highest BCUT2D eigenvalue weighted by Crippen LogP contribution is 2.31. The maximum absolute atomic E-state index is 13.0. The molecule has 8 heteroatoms. The maximum atomic E-state index is 13.0. The van der Waals surface area contributed by atoms with Gasteiger partial charge in [-0.2, -0.15) is 13.2 Å². The number of pyridine rings is 1. The van der Waals surface area contributed by atoms with E-state index in [4.69, 9.17) is 0 Å². The van der Waals surface area contributed by atoms with Gasteiger partial charge in [0, 0.05) is 12.7 Å². The molecule has 1 aromatic heterocycles. The van der Waals surface area contributed by atoms with Gasteiger partial charge in [0.05, 0.1) is 5.56 Å². The summed E-state index contributed by atoms with van der Waals surface area (Å²) in [6.45, 7) is 1.28. The molecule has 5 nitrogen and oxygen atoms in total. The van der Waals surface area contributed by atoms with Crippen molar-refractivity contribution in [1.29, 1.82) is 0 Å². The number of carboxylic acids is 1. The molecule has 0 bridgehead atoms. The minimum atomic E-state index is -4.79. The molecule has 0 saturated carbocycles. The van der Waals surface area contributed by atoms with Crippen LogP contribution in [0.2, 0.25) is 0 Å². The van der Waals surface area contributed by atoms with Crippen molar-refractivity contribution in [2.24, 2.45) is 0 Å². The Hall–Kier alpha value is -2.90. The molecule has 0 aliphatic heterocycles. The summed E-state index contributed by atoms with van der Waals surface area (Å²) < 4.78 is 39.0. The summed E-state index contributed by atoms with van der Waals surface area (Å²) in [4.78, 5) is 27.4. The lowest BCUT2D eigenvalue weighted by atomic mass is 9.78. The highest BCUT2D eigenvalue weighted by molar-refractivity contribution is 5.96. The molecular formula is C18H17F3N2O3. The van der Waals surface area contributed by atoms with E-state index in [-0.39, 0.29) is 13.0 Å². The molecule has 0 spiro atoms. The van der Waals surface area contributed by atoms with Crippen LogP contribution in [0.4, 0.5) is 13.2 Å². The molecule has 2 aromatic rings. The fourth-order valence-electron chi connectivity index (χ4n) is 2.68. The molecule has 1 amide bonds. The van der Waals surface area contributed by atoms with Crippen LogP contribution >= 0.6 is 0 Å². The molecule has 26 heavy (non-hydrogen) atoms. The number of aromatic nitrogens is 1. The van der Waals surface area contributed by atoms with Crippen molar-refractivity contribution >= 4 is 11.9 Å². The summed E-state index contributed by atoms with van der Waals surface area (Å²) in [7, 11) is 0. The number of nitrogens with one attached hydrogen (secondary N) is 1. The van der Waals surface area contributed by atoms with E-state index < -0.39 is 34.7 Å². The Kier molecular flexibility index (Phi) is 5.64. The first kappa shape index (κ1) is 19.4. The van der Waals surface area contributed by atoms with Crippen molar-refractivity contribution in [2.45, 2.75) is 24.9 Å². The summed E-state index contributed by atoms with van der Waals surface area (Å²) in [6, 6.07) is 10.5. The predicted molar refractivity (Wildman–Crippen MR) is 87.6 cm³/mol. The minimum Gasteiger partial charge on any atom is -0.481 e. The molecule has 1 heterocycles. The average molecular weight is 366 g/mol. The summed E-state index contributed by atoms with van der Waals surface area (Å²) in [5.41, 5.74) is -2.95. The van der Waals surface area contributed by atoms with E-state index in [9.17, 15) is 27.9 Å². The second-order valence-electron chi connectivity index (χ2n) is 5.69. The van der Waals surface area contributed by atoms with Crippen LogP contribution in [0.15, 0.2) is 48.7 Å². The van der Waals surface area contributed by atoms with Crippen LogP contribution in [-0.2, 0) is 16.4 Å². The summed E-state index contributed by atoms with van der Waals surface area (Å²) in [5.74, 6) is -2.20. The molecule has 1 aromatic carbocycles. The Morgan fingerprint density at radius 3 is 2.31 bits per heavy atom. The van der Waals surface area contributed by atoms with Gasteiger partial charge in [-0.15, -0.1) is 0 Å². The fourth-order valence-corrected chi connectivity index (χ4v) is 2.68. The molecular weight excluding hydrogens is 349 g/mol. The van der Waals surface area contributed by atoms with Crippen molar-refractivity contribution in [3.8, 4) is 0 Å². The first-order valence-electron chi connectivity index (χ1n) is 7.81. The number of halogens is 3. The van der Waals surface area contributed by atoms with Crippen LogP contribution in [0.3, 0.4) is 0 Å². The Morgan fingerprint density at radius 2 is 1.77 bits per heavy atom. The van der Waals surface area contributed by atoms with E-state index in [0.717, 1.165) is 12.3 Å². The first-order chi connectivity index (χ1) is 12.2. The quantitative estimate of drug-likeness (QED) is 0.822. The van der Waals surface area contributed by atoms with Crippen molar-refractivity contribution in [1.82, 2.24) is 10.3 Å². The van der Waals surface area contributed by atoms with Gasteiger partial charge in [-0.3, -0.25) is 14.6 Å². The third-order valence-electron chi connectivity index (χ3n) is 4.21. The number of rotatable bonds is 6. The molecule has 1 atom stereocenters. The van der Waals surface area contributed by atoms with E-state index in [0.29, 0.717) is 5.56 Å². The molecule has 138 valence electrons. The second-order valence-corrected chi connectivity index (χ2v) is 5.69. The van der Waals surface area contributed by atoms with Crippen LogP contribution in [0.1, 0.15) is 35.0 Å². The molecule has 0 aliphatic carbocycles. The van der Waals surface area contributed by atoms with Gasteiger partial charge in [0.25, 0.3) is 5.91 Å². The van der Waals surface area contributed by atoms with Gasteiger partial charge in [0.2, 0.25) is 0 Å². The third-order valence-corrected chi connectivity index (χ3v) is 4.21. The summed E-state index contributed by atoms with van der Waals surface area (Å²) in [5, 5.41) is 12.0. The zero-order valence-electron chi connectivity index (χ0n) is 13.9. The molecule has 0 aliphatic rings. The molecule has 0 radical (unpaired) electrons. The smallest absolute Gasteiger partial charge is 0.434 e. The number of aliphatic carboxylic acids is 1. The van der Waals surface area contributed by atoms with Crippen LogP contribution in [-0.4, -0.2) is 28.5 Å². The topological polar surface area (TPSA) is 79.3 Å². The summed E-state index contributed by atoms with van der Waals surface area (Å²) >= 11 is 0. The van der Waals surface area contributed by atoms with E-state index in [1.165, 1.54) is 6.07 Å². The lowest BCUT2D eigenvalue weighted by Crippen LogP contribution is -2.46. The van der Waals surface area contributed by atoms with Gasteiger partial charge in [-0.25, -0.2) is 0 Å². The number of carbonyl (C=O) groups excluding carboxylic acids is 1. The number of carboxylic acid groups (broad SMARTS) is 1. The van der Waals surface area contributed by atoms with Crippen molar-refractivity contribution in [2.75, 3.05) is 6.54 Å². The number of alkyl halides is 3. The standard InChI is InChI=1S/C18H17F3N2O3/c1-2-17(16(25)26,12-7-4-3-5-8-12)11-23-15(24)13-9-6-10-22-14(13)18(19,20)21/h3-10H,2,11H2,1H3,(H,23,24)(H,25,26). The van der Waals surface area contributed by atoms with Gasteiger partial charge >= 0.3 is 12.1 Å². The van der Waals surface area contributed by atoms with E-state index in [1.54, 1.807) is 37.3 Å². The molecule has 2 rings (SSSR count). The number of nitrogens with zero attached hydrogens (tertiary/aromatic N) is 1. The Morgan fingerprint density at radius 1 is 1.12 bits per heavy atom. The highest BCUT2D eigenvalue weighted by atomic mass is 19.4. The second kappa shape index (κ2) is 7.55. The molecule has 0 fully saturated rings. The molecule has 2 N–H and O–H groups in total. The molecule has 1 unspecified atom stereocenters. The van der Waals surface area contributed by atoms with Gasteiger partial charge in [0.15, 0.2) is 5.69 Å². The number of carbonyl (C=O) groups is 2. The number of amides is 1. The normalized spacial score (nSPS) is 13.7. The van der Waals surface area contributed by atoms with Gasteiger partial charge in [-0.1, -0.05) is 37.3 Å². The zero-order valence-corrected chi connectivity index (χ0v) is 13.9. The fraction of sp³-hybridized carbons (Fsp3) is 0.278. The maximum Gasteiger partial charge on any atom is 0.434 e. The highest BCUT2D eigenvalue weighted by Gasteiger charge is 2.40. The monoisotopic (exact) mass is 366 g/mol. The van der Waals surface area contributed by atoms with Crippen LogP contribution in [0, 0.1) is 0 Å². The Bertz CT molecular complexity index is 794. The van der Waals surface area contributed by atoms with Crippen LogP contribution < -0.4 is 5.32 Å². The van der Waals surface area contributed by atoms with E-state index >= 15 is 0 Å². The number of hydrogen-bond acceptors (Lipinski definition) is 3. The SMILES string of the molecule is CCC(CNC(=O)c1cccnc1C(F)(F)F)(C(=O)O)c1ccccc1. The third kappa shape index (κ3) is 3.84. The molecule has 0 saturated heterocycles. The average Bonchev–Trinajstić information content (AvgIpc) is 2.62. The number of benzene rings is 1. The lowest BCUT2D eigenvalue weighted by Gasteiger charge is -2.29. The lowest BCUT2D eigenvalue weighted by molar-refractivity contribution is -0.144.